The molecule has 4 nitrogen and oxygen atoms in total. The second-order valence-electron chi connectivity index (χ2n) is 7.16. The lowest BCUT2D eigenvalue weighted by Crippen LogP contribution is -2.41. The number of hydrogen-bond donors (Lipinski definition) is 3. The molecule has 2 aromatic carbocycles. The van der Waals surface area contributed by atoms with E-state index in [0.717, 1.165) is 6.07 Å². The summed E-state index contributed by atoms with van der Waals surface area (Å²) in [4.78, 5) is 15.0. The highest BCUT2D eigenvalue weighted by Gasteiger charge is 2.32. The highest BCUT2D eigenvalue weighted by Crippen LogP contribution is 2.33. The molecule has 146 valence electrons. The van der Waals surface area contributed by atoms with Gasteiger partial charge in [0, 0.05) is 29.6 Å². The molecule has 1 fully saturated rings. The smallest absolute Gasteiger partial charge is 0.223 e. The van der Waals surface area contributed by atoms with Crippen LogP contribution < -0.4 is 5.32 Å². The quantitative estimate of drug-likeness (QED) is 0.624. The minimum Gasteiger partial charge on any atom is -0.393 e. The molecule has 3 N–H and O–H groups in total. The van der Waals surface area contributed by atoms with Crippen molar-refractivity contribution in [2.45, 2.75) is 25.4 Å². The molecule has 0 saturated heterocycles. The maximum absolute atomic E-state index is 14.2. The second-order valence-corrected chi connectivity index (χ2v) is 7.16. The van der Waals surface area contributed by atoms with Crippen LogP contribution in [0, 0.1) is 23.4 Å². The first-order chi connectivity index (χ1) is 13.4. The van der Waals surface area contributed by atoms with Gasteiger partial charge in [-0.25, -0.2) is 13.2 Å². The number of aromatic amines is 1. The van der Waals surface area contributed by atoms with E-state index in [1.165, 1.54) is 18.2 Å². The number of fused-ring (bicyclic) bond motifs is 1. The number of aromatic nitrogens is 1. The summed E-state index contributed by atoms with van der Waals surface area (Å²) >= 11 is 0. The first-order valence-corrected chi connectivity index (χ1v) is 9.13. The van der Waals surface area contributed by atoms with Crippen LogP contribution in [-0.2, 0) is 11.2 Å². The number of amides is 1. The van der Waals surface area contributed by atoms with Crippen LogP contribution in [0.25, 0.3) is 22.2 Å². The van der Waals surface area contributed by atoms with E-state index in [0.29, 0.717) is 41.5 Å². The fraction of sp³-hybridized carbons (Fsp3) is 0.286. The maximum Gasteiger partial charge on any atom is 0.223 e. The van der Waals surface area contributed by atoms with Crippen molar-refractivity contribution in [2.75, 3.05) is 6.54 Å². The summed E-state index contributed by atoms with van der Waals surface area (Å²) in [5, 5.41) is 12.5. The molecule has 1 heterocycles. The maximum atomic E-state index is 14.2. The van der Waals surface area contributed by atoms with Crippen LogP contribution in [0.15, 0.2) is 36.4 Å². The average Bonchev–Trinajstić information content (AvgIpc) is 2.98. The number of carbonyl (C=O) groups excluding carboxylic acids is 1. The molecule has 1 aliphatic carbocycles. The van der Waals surface area contributed by atoms with E-state index < -0.39 is 23.6 Å². The summed E-state index contributed by atoms with van der Waals surface area (Å²) in [6, 6.07) is 7.77. The molecule has 0 aliphatic heterocycles. The van der Waals surface area contributed by atoms with Gasteiger partial charge >= 0.3 is 0 Å². The summed E-state index contributed by atoms with van der Waals surface area (Å²) in [5.41, 5.74) is 2.02. The van der Waals surface area contributed by atoms with Crippen molar-refractivity contribution in [1.29, 1.82) is 0 Å². The average molecular weight is 388 g/mol. The molecule has 3 aromatic rings. The number of nitrogens with one attached hydrogen (secondary N) is 2. The number of hydrogen-bond acceptors (Lipinski definition) is 2. The third-order valence-electron chi connectivity index (χ3n) is 5.22. The van der Waals surface area contributed by atoms with Gasteiger partial charge in [-0.3, -0.25) is 4.79 Å². The highest BCUT2D eigenvalue weighted by molar-refractivity contribution is 5.91. The lowest BCUT2D eigenvalue weighted by Gasteiger charge is -2.30. The van der Waals surface area contributed by atoms with Crippen molar-refractivity contribution in [3.63, 3.8) is 0 Å². The van der Waals surface area contributed by atoms with Crippen molar-refractivity contribution < 1.29 is 23.1 Å². The molecule has 1 saturated carbocycles. The normalized spacial score (nSPS) is 18.9. The Kier molecular flexibility index (Phi) is 4.85. The molecule has 1 amide bonds. The summed E-state index contributed by atoms with van der Waals surface area (Å²) < 4.78 is 41.3. The lowest BCUT2D eigenvalue weighted by molar-refractivity contribution is -0.131. The van der Waals surface area contributed by atoms with Crippen LogP contribution in [-0.4, -0.2) is 28.6 Å². The number of H-pyrrole nitrogens is 1. The molecular formula is C21H19F3N2O2. The standard InChI is InChI=1S/C21H19F3N2O2/c22-13-3-1-11(2-4-13)19-16(5-6-25-21(28)12-7-15(27)8-12)17-9-14(23)10-18(24)20(17)26-19/h1-4,9-10,12,15,26-27H,5-8H2,(H,25,28). The fourth-order valence-corrected chi connectivity index (χ4v) is 3.65. The van der Waals surface area contributed by atoms with Gasteiger partial charge in [0.25, 0.3) is 0 Å². The Hall–Kier alpha value is -2.80. The monoisotopic (exact) mass is 388 g/mol. The SMILES string of the molecule is O=C(NCCc1c(-c2ccc(F)cc2)[nH]c2c(F)cc(F)cc12)C1CC(O)C1. The Morgan fingerprint density at radius 3 is 2.50 bits per heavy atom. The zero-order valence-corrected chi connectivity index (χ0v) is 14.9. The van der Waals surface area contributed by atoms with Gasteiger partial charge in [0.15, 0.2) is 0 Å². The third-order valence-corrected chi connectivity index (χ3v) is 5.22. The molecule has 1 aromatic heterocycles. The summed E-state index contributed by atoms with van der Waals surface area (Å²) in [6.07, 6.45) is 0.837. The molecule has 0 unspecified atom stereocenters. The van der Waals surface area contributed by atoms with Crippen molar-refractivity contribution in [3.05, 3.63) is 59.4 Å². The number of benzene rings is 2. The third kappa shape index (κ3) is 3.49. The van der Waals surface area contributed by atoms with Gasteiger partial charge < -0.3 is 15.4 Å². The Morgan fingerprint density at radius 2 is 1.82 bits per heavy atom. The molecule has 0 spiro atoms. The van der Waals surface area contributed by atoms with Crippen LogP contribution in [0.4, 0.5) is 13.2 Å². The topological polar surface area (TPSA) is 65.1 Å². The van der Waals surface area contributed by atoms with Crippen LogP contribution in [0.3, 0.4) is 0 Å². The van der Waals surface area contributed by atoms with E-state index in [1.807, 2.05) is 0 Å². The second kappa shape index (κ2) is 7.31. The van der Waals surface area contributed by atoms with Crippen molar-refractivity contribution >= 4 is 16.8 Å². The molecule has 4 rings (SSSR count). The van der Waals surface area contributed by atoms with Crippen LogP contribution in [0.2, 0.25) is 0 Å². The Labute approximate surface area is 159 Å². The lowest BCUT2D eigenvalue weighted by atomic mass is 9.82. The van der Waals surface area contributed by atoms with Crippen molar-refractivity contribution in [1.82, 2.24) is 10.3 Å². The van der Waals surface area contributed by atoms with E-state index in [2.05, 4.69) is 10.3 Å². The number of rotatable bonds is 5. The zero-order chi connectivity index (χ0) is 19.8. The van der Waals surface area contributed by atoms with E-state index in [-0.39, 0.29) is 23.9 Å². The predicted octanol–water partition coefficient (Wildman–Crippen LogP) is 3.68. The van der Waals surface area contributed by atoms with Crippen LogP contribution in [0.5, 0.6) is 0 Å². The Morgan fingerprint density at radius 1 is 1.11 bits per heavy atom. The van der Waals surface area contributed by atoms with E-state index in [9.17, 15) is 23.1 Å². The number of halogens is 3. The Bertz CT molecular complexity index is 1020. The minimum atomic E-state index is -0.711. The summed E-state index contributed by atoms with van der Waals surface area (Å²) in [6.45, 7) is 0.282. The summed E-state index contributed by atoms with van der Waals surface area (Å²) in [7, 11) is 0. The van der Waals surface area contributed by atoms with E-state index in [1.54, 1.807) is 12.1 Å². The van der Waals surface area contributed by atoms with Gasteiger partial charge in [-0.2, -0.15) is 0 Å². The molecular weight excluding hydrogens is 369 g/mol. The zero-order valence-electron chi connectivity index (χ0n) is 14.9. The molecule has 7 heteroatoms. The van der Waals surface area contributed by atoms with Gasteiger partial charge in [-0.1, -0.05) is 0 Å². The molecule has 0 radical (unpaired) electrons. The number of carbonyl (C=O) groups is 1. The van der Waals surface area contributed by atoms with Gasteiger partial charge in [-0.05, 0) is 60.7 Å². The minimum absolute atomic E-state index is 0.133. The Balaban J connectivity index is 1.63. The highest BCUT2D eigenvalue weighted by atomic mass is 19.1. The van der Waals surface area contributed by atoms with Crippen LogP contribution >= 0.6 is 0 Å². The van der Waals surface area contributed by atoms with E-state index in [4.69, 9.17) is 0 Å². The molecule has 28 heavy (non-hydrogen) atoms. The first-order valence-electron chi connectivity index (χ1n) is 9.13. The van der Waals surface area contributed by atoms with Gasteiger partial charge in [0.2, 0.25) is 5.91 Å². The molecule has 0 bridgehead atoms. The predicted molar refractivity (Wildman–Crippen MR) is 99.1 cm³/mol. The van der Waals surface area contributed by atoms with Gasteiger partial charge in [0.05, 0.1) is 11.6 Å². The molecule has 1 aliphatic rings. The molecule has 0 atom stereocenters. The van der Waals surface area contributed by atoms with E-state index >= 15 is 0 Å². The number of aliphatic hydroxyl groups excluding tert-OH is 1. The van der Waals surface area contributed by atoms with Gasteiger partial charge in [0.1, 0.15) is 17.5 Å². The fourth-order valence-electron chi connectivity index (χ4n) is 3.65. The largest absolute Gasteiger partial charge is 0.393 e. The summed E-state index contributed by atoms with van der Waals surface area (Å²) in [5.74, 6) is -2.12. The number of aliphatic hydroxyl groups is 1. The first kappa shape index (κ1) is 18.6. The van der Waals surface area contributed by atoms with Gasteiger partial charge in [-0.15, -0.1) is 0 Å². The van der Waals surface area contributed by atoms with Crippen molar-refractivity contribution in [3.8, 4) is 11.3 Å². The van der Waals surface area contributed by atoms with Crippen LogP contribution in [0.1, 0.15) is 18.4 Å². The van der Waals surface area contributed by atoms with Crippen molar-refractivity contribution in [2.24, 2.45) is 5.92 Å².